The van der Waals surface area contributed by atoms with Gasteiger partial charge in [0, 0.05) is 41.9 Å². The van der Waals surface area contributed by atoms with Crippen molar-refractivity contribution in [3.05, 3.63) is 113 Å². The predicted molar refractivity (Wildman–Crippen MR) is 106 cm³/mol. The molecule has 0 radical (unpaired) electrons. The van der Waals surface area contributed by atoms with Gasteiger partial charge in [-0.2, -0.15) is 9.99 Å². The van der Waals surface area contributed by atoms with Crippen molar-refractivity contribution < 1.29 is 4.73 Å². The van der Waals surface area contributed by atoms with Gasteiger partial charge in [0.1, 0.15) is 5.82 Å². The highest BCUT2D eigenvalue weighted by Crippen LogP contribution is 2.16. The standard InChI is InChI=1S/C23H18N4O/c24-14-18-8-6-17(7-9-18)12-21-15-25-23(26-21)13-19-10-11-22(27(28)16-19)20-4-2-1-3-5-20/h1-11,15-16H,12-13H2,(H,25,26). The molecule has 0 amide bonds. The van der Waals surface area contributed by atoms with Gasteiger partial charge in [0.15, 0.2) is 6.20 Å². The average Bonchev–Trinajstić information content (AvgIpc) is 3.16. The number of nitrogens with one attached hydrogen (secondary N) is 1. The van der Waals surface area contributed by atoms with Crippen molar-refractivity contribution in [1.29, 1.82) is 5.26 Å². The molecule has 0 aliphatic rings. The zero-order valence-electron chi connectivity index (χ0n) is 15.2. The maximum absolute atomic E-state index is 12.4. The summed E-state index contributed by atoms with van der Waals surface area (Å²) in [5, 5.41) is 21.3. The number of hydrogen-bond donors (Lipinski definition) is 1. The number of hydrogen-bond acceptors (Lipinski definition) is 3. The molecule has 0 saturated carbocycles. The van der Waals surface area contributed by atoms with Crippen molar-refractivity contribution in [3.63, 3.8) is 0 Å². The summed E-state index contributed by atoms with van der Waals surface area (Å²) in [5.41, 5.74) is 5.18. The van der Waals surface area contributed by atoms with E-state index in [2.05, 4.69) is 16.0 Å². The number of benzene rings is 2. The van der Waals surface area contributed by atoms with Crippen molar-refractivity contribution in [2.24, 2.45) is 0 Å². The van der Waals surface area contributed by atoms with E-state index in [4.69, 9.17) is 5.26 Å². The number of nitrogens with zero attached hydrogens (tertiary/aromatic N) is 3. The van der Waals surface area contributed by atoms with Gasteiger partial charge >= 0.3 is 0 Å². The Balaban J connectivity index is 1.46. The van der Waals surface area contributed by atoms with Gasteiger partial charge in [-0.15, -0.1) is 0 Å². The van der Waals surface area contributed by atoms with E-state index in [0.717, 1.165) is 32.9 Å². The molecular weight excluding hydrogens is 348 g/mol. The van der Waals surface area contributed by atoms with E-state index in [0.29, 0.717) is 24.1 Å². The first-order valence-electron chi connectivity index (χ1n) is 9.00. The van der Waals surface area contributed by atoms with Gasteiger partial charge in [0.2, 0.25) is 5.69 Å². The van der Waals surface area contributed by atoms with Crippen LogP contribution in [0.2, 0.25) is 0 Å². The first kappa shape index (κ1) is 17.5. The SMILES string of the molecule is N#Cc1ccc(Cc2cnc(Cc3ccc(-c4ccccc4)[n+]([O-])c3)[nH]2)cc1. The van der Waals surface area contributed by atoms with Gasteiger partial charge in [0.25, 0.3) is 0 Å². The number of imidazole rings is 1. The molecule has 2 heterocycles. The molecule has 5 nitrogen and oxygen atoms in total. The lowest BCUT2D eigenvalue weighted by atomic mass is 10.1. The fourth-order valence-electron chi connectivity index (χ4n) is 3.16. The maximum Gasteiger partial charge on any atom is 0.223 e. The summed E-state index contributed by atoms with van der Waals surface area (Å²) in [6.07, 6.45) is 4.69. The number of H-pyrrole nitrogens is 1. The highest BCUT2D eigenvalue weighted by Gasteiger charge is 2.11. The Hall–Kier alpha value is -3.91. The summed E-state index contributed by atoms with van der Waals surface area (Å²) in [4.78, 5) is 7.75. The van der Waals surface area contributed by atoms with Gasteiger partial charge in [-0.25, -0.2) is 4.98 Å². The van der Waals surface area contributed by atoms with E-state index in [9.17, 15) is 5.21 Å². The van der Waals surface area contributed by atoms with Crippen molar-refractivity contribution in [2.45, 2.75) is 12.8 Å². The third-order valence-corrected chi connectivity index (χ3v) is 4.58. The topological polar surface area (TPSA) is 79.4 Å². The molecule has 0 fully saturated rings. The van der Waals surface area contributed by atoms with Crippen LogP contribution in [0, 0.1) is 16.5 Å². The highest BCUT2D eigenvalue weighted by atomic mass is 16.5. The molecule has 0 bridgehead atoms. The Kier molecular flexibility index (Phi) is 4.85. The highest BCUT2D eigenvalue weighted by molar-refractivity contribution is 5.55. The first-order chi connectivity index (χ1) is 13.7. The lowest BCUT2D eigenvalue weighted by molar-refractivity contribution is -0.594. The normalized spacial score (nSPS) is 10.5. The predicted octanol–water partition coefficient (Wildman–Crippen LogP) is 3.76. The summed E-state index contributed by atoms with van der Waals surface area (Å²) in [7, 11) is 0. The quantitative estimate of drug-likeness (QED) is 0.431. The minimum Gasteiger partial charge on any atom is -0.618 e. The van der Waals surface area contributed by atoms with E-state index in [-0.39, 0.29) is 0 Å². The van der Waals surface area contributed by atoms with Crippen LogP contribution in [0.4, 0.5) is 0 Å². The molecule has 2 aromatic carbocycles. The maximum atomic E-state index is 12.4. The minimum atomic E-state index is 0.560. The van der Waals surface area contributed by atoms with Crippen LogP contribution in [0.25, 0.3) is 11.3 Å². The Morgan fingerprint density at radius 1 is 0.929 bits per heavy atom. The van der Waals surface area contributed by atoms with Gasteiger partial charge in [-0.3, -0.25) is 0 Å². The van der Waals surface area contributed by atoms with Crippen molar-refractivity contribution in [3.8, 4) is 17.3 Å². The molecule has 4 rings (SSSR count). The second kappa shape index (κ2) is 7.77. The molecule has 0 aliphatic carbocycles. The van der Waals surface area contributed by atoms with Crippen LogP contribution in [-0.2, 0) is 12.8 Å². The van der Waals surface area contributed by atoms with Gasteiger partial charge in [-0.1, -0.05) is 30.3 Å². The molecule has 0 saturated heterocycles. The number of aromatic amines is 1. The monoisotopic (exact) mass is 366 g/mol. The second-order valence-electron chi connectivity index (χ2n) is 6.63. The lowest BCUT2D eigenvalue weighted by Gasteiger charge is -2.06. The smallest absolute Gasteiger partial charge is 0.223 e. The molecule has 136 valence electrons. The van der Waals surface area contributed by atoms with Crippen LogP contribution in [0.1, 0.15) is 28.2 Å². The molecule has 0 aliphatic heterocycles. The summed E-state index contributed by atoms with van der Waals surface area (Å²) in [5.74, 6) is 0.816. The molecule has 28 heavy (non-hydrogen) atoms. The third-order valence-electron chi connectivity index (χ3n) is 4.58. The fourth-order valence-corrected chi connectivity index (χ4v) is 3.16. The van der Waals surface area contributed by atoms with Crippen LogP contribution < -0.4 is 4.73 Å². The van der Waals surface area contributed by atoms with E-state index >= 15 is 0 Å². The summed E-state index contributed by atoms with van der Waals surface area (Å²) >= 11 is 0. The zero-order chi connectivity index (χ0) is 19.3. The molecule has 0 unspecified atom stereocenters. The van der Waals surface area contributed by atoms with Crippen molar-refractivity contribution in [2.75, 3.05) is 0 Å². The van der Waals surface area contributed by atoms with Gasteiger partial charge in [0.05, 0.1) is 11.6 Å². The molecule has 0 atom stereocenters. The molecule has 5 heteroatoms. The Labute approximate surface area is 163 Å². The van der Waals surface area contributed by atoms with Crippen molar-refractivity contribution >= 4 is 0 Å². The Morgan fingerprint density at radius 3 is 2.39 bits per heavy atom. The van der Waals surface area contributed by atoms with Crippen LogP contribution >= 0.6 is 0 Å². The summed E-state index contributed by atoms with van der Waals surface area (Å²) < 4.78 is 0.908. The van der Waals surface area contributed by atoms with Crippen LogP contribution in [0.3, 0.4) is 0 Å². The molecule has 1 N–H and O–H groups in total. The van der Waals surface area contributed by atoms with E-state index in [1.807, 2.05) is 72.9 Å². The van der Waals surface area contributed by atoms with Crippen LogP contribution in [0.15, 0.2) is 79.1 Å². The molecule has 0 spiro atoms. The number of pyridine rings is 1. The third kappa shape index (κ3) is 3.92. The molecule has 2 aromatic heterocycles. The molecule has 4 aromatic rings. The van der Waals surface area contributed by atoms with Crippen molar-refractivity contribution in [1.82, 2.24) is 9.97 Å². The number of rotatable bonds is 5. The Bertz CT molecular complexity index is 1130. The van der Waals surface area contributed by atoms with Crippen LogP contribution in [-0.4, -0.2) is 9.97 Å². The largest absolute Gasteiger partial charge is 0.618 e. The first-order valence-corrected chi connectivity index (χ1v) is 9.00. The van der Waals surface area contributed by atoms with Gasteiger partial charge in [-0.05, 0) is 35.9 Å². The minimum absolute atomic E-state index is 0.560. The second-order valence-corrected chi connectivity index (χ2v) is 6.63. The zero-order valence-corrected chi connectivity index (χ0v) is 15.2. The number of aromatic nitrogens is 3. The lowest BCUT2D eigenvalue weighted by Crippen LogP contribution is -2.29. The Morgan fingerprint density at radius 2 is 1.68 bits per heavy atom. The van der Waals surface area contributed by atoms with E-state index < -0.39 is 0 Å². The van der Waals surface area contributed by atoms with Crippen LogP contribution in [0.5, 0.6) is 0 Å². The fraction of sp³-hybridized carbons (Fsp3) is 0.0870. The van der Waals surface area contributed by atoms with Gasteiger partial charge < -0.3 is 10.2 Å². The average molecular weight is 366 g/mol. The van der Waals surface area contributed by atoms with E-state index in [1.54, 1.807) is 6.20 Å². The number of nitriles is 1. The molecular formula is C23H18N4O. The summed E-state index contributed by atoms with van der Waals surface area (Å²) in [6.45, 7) is 0. The summed E-state index contributed by atoms with van der Waals surface area (Å²) in [6, 6.07) is 23.1. The van der Waals surface area contributed by atoms with E-state index in [1.165, 1.54) is 0 Å².